The van der Waals surface area contributed by atoms with E-state index < -0.39 is 5.97 Å². The van der Waals surface area contributed by atoms with Crippen LogP contribution < -0.4 is 5.32 Å². The molecule has 1 fully saturated rings. The minimum Gasteiger partial charge on any atom is -0.480 e. The summed E-state index contributed by atoms with van der Waals surface area (Å²) >= 11 is 0. The first-order chi connectivity index (χ1) is 8.38. The Labute approximate surface area is 109 Å². The number of hydrogen-bond acceptors (Lipinski definition) is 2. The van der Waals surface area contributed by atoms with Gasteiger partial charge in [0, 0.05) is 13.1 Å². The van der Waals surface area contributed by atoms with Gasteiger partial charge < -0.3 is 15.3 Å². The fraction of sp³-hybridized carbons (Fsp3) is 0.846. The summed E-state index contributed by atoms with van der Waals surface area (Å²) in [5, 5.41) is 11.7. The van der Waals surface area contributed by atoms with Gasteiger partial charge in [-0.1, -0.05) is 20.8 Å². The van der Waals surface area contributed by atoms with E-state index in [1.165, 1.54) is 4.90 Å². The summed E-state index contributed by atoms with van der Waals surface area (Å²) in [6.45, 7) is 6.96. The van der Waals surface area contributed by atoms with Crippen LogP contribution in [-0.4, -0.2) is 41.6 Å². The zero-order valence-corrected chi connectivity index (χ0v) is 11.5. The third-order valence-electron chi connectivity index (χ3n) is 3.52. The summed E-state index contributed by atoms with van der Waals surface area (Å²) in [4.78, 5) is 24.1. The highest BCUT2D eigenvalue weighted by molar-refractivity contribution is 5.80. The van der Waals surface area contributed by atoms with Crippen molar-refractivity contribution in [1.29, 1.82) is 0 Å². The molecule has 0 bridgehead atoms. The molecule has 0 aromatic rings. The van der Waals surface area contributed by atoms with Gasteiger partial charge in [0.15, 0.2) is 0 Å². The van der Waals surface area contributed by atoms with Crippen molar-refractivity contribution < 1.29 is 14.7 Å². The van der Waals surface area contributed by atoms with Crippen molar-refractivity contribution in [2.75, 3.05) is 19.6 Å². The SMILES string of the molecule is CCC1(CNC(=O)N(CC(=O)O)CC(C)C)CC1. The van der Waals surface area contributed by atoms with Gasteiger partial charge in [-0.2, -0.15) is 0 Å². The van der Waals surface area contributed by atoms with Gasteiger partial charge in [0.2, 0.25) is 0 Å². The minimum atomic E-state index is -0.970. The molecule has 0 aromatic carbocycles. The summed E-state index contributed by atoms with van der Waals surface area (Å²) in [7, 11) is 0. The summed E-state index contributed by atoms with van der Waals surface area (Å²) in [6.07, 6.45) is 3.39. The summed E-state index contributed by atoms with van der Waals surface area (Å²) in [5.41, 5.74) is 0.280. The van der Waals surface area contributed by atoms with E-state index in [9.17, 15) is 9.59 Å². The summed E-state index contributed by atoms with van der Waals surface area (Å²) in [6, 6.07) is -0.258. The van der Waals surface area contributed by atoms with Gasteiger partial charge in [-0.3, -0.25) is 4.79 Å². The van der Waals surface area contributed by atoms with Gasteiger partial charge in [-0.15, -0.1) is 0 Å². The molecule has 0 aliphatic heterocycles. The number of carbonyl (C=O) groups is 2. The Morgan fingerprint density at radius 2 is 2.00 bits per heavy atom. The standard InChI is InChI=1S/C13H24N2O3/c1-4-13(5-6-13)9-14-12(18)15(7-10(2)3)8-11(16)17/h10H,4-9H2,1-3H3,(H,14,18)(H,16,17). The molecule has 1 rings (SSSR count). The summed E-state index contributed by atoms with van der Waals surface area (Å²) in [5.74, 6) is -0.710. The molecule has 0 atom stereocenters. The van der Waals surface area contributed by atoms with Crippen LogP contribution in [0, 0.1) is 11.3 Å². The number of nitrogens with zero attached hydrogens (tertiary/aromatic N) is 1. The Morgan fingerprint density at radius 3 is 2.39 bits per heavy atom. The molecular weight excluding hydrogens is 232 g/mol. The van der Waals surface area contributed by atoms with E-state index in [1.807, 2.05) is 13.8 Å². The second kappa shape index (κ2) is 6.07. The minimum absolute atomic E-state index is 0.233. The van der Waals surface area contributed by atoms with Gasteiger partial charge in [0.05, 0.1) is 0 Å². The van der Waals surface area contributed by atoms with Crippen LogP contribution in [0.1, 0.15) is 40.0 Å². The van der Waals surface area contributed by atoms with Gasteiger partial charge >= 0.3 is 12.0 Å². The van der Waals surface area contributed by atoms with Crippen LogP contribution in [0.4, 0.5) is 4.79 Å². The number of hydrogen-bond donors (Lipinski definition) is 2. The molecule has 5 nitrogen and oxygen atoms in total. The fourth-order valence-electron chi connectivity index (χ4n) is 2.03. The van der Waals surface area contributed by atoms with Gasteiger partial charge in [0.1, 0.15) is 6.54 Å². The lowest BCUT2D eigenvalue weighted by molar-refractivity contribution is -0.137. The third kappa shape index (κ3) is 4.55. The van der Waals surface area contributed by atoms with E-state index >= 15 is 0 Å². The van der Waals surface area contributed by atoms with Crippen LogP contribution in [0.25, 0.3) is 0 Å². The largest absolute Gasteiger partial charge is 0.480 e. The third-order valence-corrected chi connectivity index (χ3v) is 3.52. The first-order valence-corrected chi connectivity index (χ1v) is 6.63. The second-order valence-corrected chi connectivity index (χ2v) is 5.68. The molecule has 104 valence electrons. The molecule has 1 saturated carbocycles. The van der Waals surface area contributed by atoms with Gasteiger partial charge in [-0.25, -0.2) is 4.79 Å². The fourth-order valence-corrected chi connectivity index (χ4v) is 2.03. The van der Waals surface area contributed by atoms with Crippen molar-refractivity contribution in [2.24, 2.45) is 11.3 Å². The van der Waals surface area contributed by atoms with Crippen molar-refractivity contribution in [3.05, 3.63) is 0 Å². The lowest BCUT2D eigenvalue weighted by Gasteiger charge is -2.24. The normalized spacial score (nSPS) is 16.4. The molecule has 0 saturated heterocycles. The Morgan fingerprint density at radius 1 is 1.39 bits per heavy atom. The number of carboxylic acid groups (broad SMARTS) is 1. The van der Waals surface area contributed by atoms with E-state index in [2.05, 4.69) is 12.2 Å². The van der Waals surface area contributed by atoms with Gasteiger partial charge in [-0.05, 0) is 30.6 Å². The molecule has 0 radical (unpaired) electrons. The lowest BCUT2D eigenvalue weighted by atomic mass is 10.0. The number of rotatable bonds is 7. The maximum Gasteiger partial charge on any atom is 0.323 e. The van der Waals surface area contributed by atoms with E-state index in [0.29, 0.717) is 13.1 Å². The maximum atomic E-state index is 12.0. The molecule has 1 aliphatic rings. The highest BCUT2D eigenvalue weighted by atomic mass is 16.4. The van der Waals surface area contributed by atoms with Crippen LogP contribution >= 0.6 is 0 Å². The molecule has 1 aliphatic carbocycles. The highest BCUT2D eigenvalue weighted by Crippen LogP contribution is 2.47. The quantitative estimate of drug-likeness (QED) is 0.731. The molecule has 0 aromatic heterocycles. The van der Waals surface area contributed by atoms with E-state index in [4.69, 9.17) is 5.11 Å². The molecule has 0 heterocycles. The summed E-state index contributed by atoms with van der Waals surface area (Å²) < 4.78 is 0. The number of carboxylic acids is 1. The van der Waals surface area contributed by atoms with Gasteiger partial charge in [0.25, 0.3) is 0 Å². The van der Waals surface area contributed by atoms with Crippen molar-refractivity contribution >= 4 is 12.0 Å². The Bertz CT molecular complexity index is 311. The van der Waals surface area contributed by atoms with E-state index in [0.717, 1.165) is 19.3 Å². The zero-order valence-electron chi connectivity index (χ0n) is 11.5. The lowest BCUT2D eigenvalue weighted by Crippen LogP contribution is -2.46. The Kier molecular flexibility index (Phi) is 4.99. The average molecular weight is 256 g/mol. The molecule has 2 N–H and O–H groups in total. The molecule has 0 spiro atoms. The smallest absolute Gasteiger partial charge is 0.323 e. The number of carbonyl (C=O) groups excluding carboxylic acids is 1. The maximum absolute atomic E-state index is 12.0. The zero-order chi connectivity index (χ0) is 13.8. The van der Waals surface area contributed by atoms with E-state index in [1.54, 1.807) is 0 Å². The predicted octanol–water partition coefficient (Wildman–Crippen LogP) is 1.93. The van der Waals surface area contributed by atoms with Crippen molar-refractivity contribution in [3.63, 3.8) is 0 Å². The molecule has 18 heavy (non-hydrogen) atoms. The highest BCUT2D eigenvalue weighted by Gasteiger charge is 2.40. The topological polar surface area (TPSA) is 69.6 Å². The second-order valence-electron chi connectivity index (χ2n) is 5.68. The molecule has 0 unspecified atom stereocenters. The first kappa shape index (κ1) is 14.8. The predicted molar refractivity (Wildman–Crippen MR) is 69.4 cm³/mol. The van der Waals surface area contributed by atoms with Crippen LogP contribution in [-0.2, 0) is 4.79 Å². The number of aliphatic carboxylic acids is 1. The monoisotopic (exact) mass is 256 g/mol. The molecule has 2 amide bonds. The molecule has 5 heteroatoms. The van der Waals surface area contributed by atoms with E-state index in [-0.39, 0.29) is 23.9 Å². The molecular formula is C13H24N2O3. The first-order valence-electron chi connectivity index (χ1n) is 6.63. The van der Waals surface area contributed by atoms with Crippen LogP contribution in [0.5, 0.6) is 0 Å². The van der Waals surface area contributed by atoms with Crippen LogP contribution in [0.2, 0.25) is 0 Å². The van der Waals surface area contributed by atoms with Crippen LogP contribution in [0.15, 0.2) is 0 Å². The Balaban J connectivity index is 2.45. The van der Waals surface area contributed by atoms with Crippen molar-refractivity contribution in [2.45, 2.75) is 40.0 Å². The van der Waals surface area contributed by atoms with Crippen molar-refractivity contribution in [1.82, 2.24) is 10.2 Å². The number of urea groups is 1. The average Bonchev–Trinajstić information content (AvgIpc) is 3.04. The Hall–Kier alpha value is -1.26. The number of nitrogens with one attached hydrogen (secondary N) is 1. The van der Waals surface area contributed by atoms with Crippen molar-refractivity contribution in [3.8, 4) is 0 Å². The number of amides is 2. The van der Waals surface area contributed by atoms with Crippen LogP contribution in [0.3, 0.4) is 0 Å².